The molecule has 1 aliphatic heterocycles. The Morgan fingerprint density at radius 3 is 2.59 bits per heavy atom. The van der Waals surface area contributed by atoms with E-state index in [0.29, 0.717) is 29.3 Å². The van der Waals surface area contributed by atoms with Crippen molar-refractivity contribution in [2.24, 2.45) is 0 Å². The van der Waals surface area contributed by atoms with Crippen LogP contribution < -0.4 is 15.0 Å². The van der Waals surface area contributed by atoms with Gasteiger partial charge in [-0.1, -0.05) is 20.8 Å². The molecule has 0 saturated carbocycles. The lowest BCUT2D eigenvalue weighted by Crippen LogP contribution is -2.24. The number of hydrogen-bond donors (Lipinski definition) is 1. The largest absolute Gasteiger partial charge is 0.494 e. The van der Waals surface area contributed by atoms with Gasteiger partial charge in [-0.2, -0.15) is 0 Å². The molecule has 1 aliphatic rings. The van der Waals surface area contributed by atoms with Gasteiger partial charge in [0.15, 0.2) is 0 Å². The first-order valence-electron chi connectivity index (χ1n) is 10.7. The molecule has 8 heteroatoms. The van der Waals surface area contributed by atoms with Gasteiger partial charge < -0.3 is 15.0 Å². The molecule has 0 spiro atoms. The number of carbonyl (C=O) groups is 2. The van der Waals surface area contributed by atoms with Gasteiger partial charge in [0.1, 0.15) is 16.4 Å². The van der Waals surface area contributed by atoms with Crippen LogP contribution in [0.2, 0.25) is 0 Å². The minimum atomic E-state index is -0.200. The third-order valence-electron chi connectivity index (χ3n) is 5.65. The molecule has 1 saturated heterocycles. The van der Waals surface area contributed by atoms with Crippen LogP contribution in [0.1, 0.15) is 60.4 Å². The number of ether oxygens (including phenoxy) is 1. The number of benzene rings is 1. The number of rotatable bonds is 4. The average Bonchev–Trinajstić information content (AvgIpc) is 3.30. The highest BCUT2D eigenvalue weighted by atomic mass is 32.1. The normalized spacial score (nSPS) is 14.3. The van der Waals surface area contributed by atoms with Crippen molar-refractivity contribution in [1.29, 1.82) is 0 Å². The monoisotopic (exact) mass is 452 g/mol. The average molecular weight is 453 g/mol. The SMILES string of the molecule is COc1cc(NC(=O)c2sc3nc(C(C)(C)C)nc(C)c3c2C)ccc1N1CCCC1=O. The van der Waals surface area contributed by atoms with Crippen molar-refractivity contribution in [2.75, 3.05) is 23.9 Å². The maximum atomic E-state index is 13.1. The van der Waals surface area contributed by atoms with Crippen LogP contribution >= 0.6 is 11.3 Å². The topological polar surface area (TPSA) is 84.4 Å². The minimum Gasteiger partial charge on any atom is -0.494 e. The van der Waals surface area contributed by atoms with E-state index in [2.05, 4.69) is 31.1 Å². The molecule has 4 rings (SSSR count). The molecule has 0 unspecified atom stereocenters. The lowest BCUT2D eigenvalue weighted by atomic mass is 9.95. The van der Waals surface area contributed by atoms with Crippen molar-refractivity contribution in [3.8, 4) is 5.75 Å². The van der Waals surface area contributed by atoms with Crippen LogP contribution in [0.25, 0.3) is 10.2 Å². The van der Waals surface area contributed by atoms with Crippen LogP contribution in [-0.4, -0.2) is 35.4 Å². The van der Waals surface area contributed by atoms with Crippen molar-refractivity contribution >= 4 is 44.7 Å². The van der Waals surface area contributed by atoms with Crippen molar-refractivity contribution in [3.05, 3.63) is 40.2 Å². The number of fused-ring (bicyclic) bond motifs is 1. The van der Waals surface area contributed by atoms with Crippen LogP contribution in [0.3, 0.4) is 0 Å². The molecule has 3 heterocycles. The number of aryl methyl sites for hydroxylation is 2. The minimum absolute atomic E-state index is 0.0899. The van der Waals surface area contributed by atoms with Gasteiger partial charge in [-0.25, -0.2) is 9.97 Å². The second-order valence-corrected chi connectivity index (χ2v) is 10.1. The Hall–Kier alpha value is -3.00. The molecule has 2 aromatic heterocycles. The first-order chi connectivity index (χ1) is 15.1. The smallest absolute Gasteiger partial charge is 0.266 e. The number of thiophene rings is 1. The van der Waals surface area contributed by atoms with Gasteiger partial charge in [-0.3, -0.25) is 9.59 Å². The lowest BCUT2D eigenvalue weighted by molar-refractivity contribution is -0.117. The Morgan fingerprint density at radius 2 is 1.97 bits per heavy atom. The van der Waals surface area contributed by atoms with E-state index < -0.39 is 0 Å². The maximum absolute atomic E-state index is 13.1. The number of hydrogen-bond acceptors (Lipinski definition) is 6. The van der Waals surface area contributed by atoms with Crippen LogP contribution in [0.4, 0.5) is 11.4 Å². The van der Waals surface area contributed by atoms with Crippen LogP contribution in [0, 0.1) is 13.8 Å². The first-order valence-corrected chi connectivity index (χ1v) is 11.5. The van der Waals surface area contributed by atoms with E-state index in [4.69, 9.17) is 9.72 Å². The molecule has 0 atom stereocenters. The Labute approximate surface area is 191 Å². The lowest BCUT2D eigenvalue weighted by Gasteiger charge is -2.19. The number of carbonyl (C=O) groups excluding carboxylic acids is 2. The molecule has 0 bridgehead atoms. The summed E-state index contributed by atoms with van der Waals surface area (Å²) in [4.78, 5) is 37.8. The van der Waals surface area contributed by atoms with E-state index in [1.165, 1.54) is 11.3 Å². The number of amides is 2. The molecule has 0 aliphatic carbocycles. The zero-order valence-electron chi connectivity index (χ0n) is 19.3. The fraction of sp³-hybridized carbons (Fsp3) is 0.417. The molecule has 1 N–H and O–H groups in total. The van der Waals surface area contributed by atoms with Crippen LogP contribution in [0.5, 0.6) is 5.75 Å². The third-order valence-corrected chi connectivity index (χ3v) is 6.83. The first kappa shape index (κ1) is 22.2. The van der Waals surface area contributed by atoms with E-state index >= 15 is 0 Å². The highest BCUT2D eigenvalue weighted by molar-refractivity contribution is 7.20. The van der Waals surface area contributed by atoms with E-state index in [0.717, 1.165) is 39.4 Å². The Balaban J connectivity index is 1.65. The maximum Gasteiger partial charge on any atom is 0.266 e. The summed E-state index contributed by atoms with van der Waals surface area (Å²) in [6.07, 6.45) is 1.39. The number of methoxy groups -OCH3 is 1. The van der Waals surface area contributed by atoms with Crippen molar-refractivity contribution < 1.29 is 14.3 Å². The zero-order chi connectivity index (χ0) is 23.2. The van der Waals surface area contributed by atoms with Crippen molar-refractivity contribution in [1.82, 2.24) is 9.97 Å². The summed E-state index contributed by atoms with van der Waals surface area (Å²) < 4.78 is 5.51. The standard InChI is InChI=1S/C24H28N4O3S/c1-13-19-14(2)25-23(24(3,4)5)27-22(19)32-20(13)21(30)26-15-9-10-16(17(12-15)31-6)28-11-7-8-18(28)29/h9-10,12H,7-8,11H2,1-6H3,(H,26,30). The fourth-order valence-corrected chi connectivity index (χ4v) is 5.09. The van der Waals surface area contributed by atoms with E-state index in [1.54, 1.807) is 24.1 Å². The summed E-state index contributed by atoms with van der Waals surface area (Å²) >= 11 is 1.38. The Kier molecular flexibility index (Phi) is 5.67. The Morgan fingerprint density at radius 1 is 1.22 bits per heavy atom. The highest BCUT2D eigenvalue weighted by Crippen LogP contribution is 2.36. The molecule has 1 aromatic carbocycles. The molecule has 168 valence electrons. The summed E-state index contributed by atoms with van der Waals surface area (Å²) in [5.74, 6) is 1.22. The molecule has 0 radical (unpaired) electrons. The predicted octanol–water partition coefficient (Wildman–Crippen LogP) is 4.99. The summed E-state index contributed by atoms with van der Waals surface area (Å²) in [5.41, 5.74) is 2.93. The molecule has 32 heavy (non-hydrogen) atoms. The highest BCUT2D eigenvalue weighted by Gasteiger charge is 2.26. The Bertz CT molecular complexity index is 1230. The number of nitrogens with one attached hydrogen (secondary N) is 1. The molecular weight excluding hydrogens is 424 g/mol. The van der Waals surface area contributed by atoms with Crippen molar-refractivity contribution in [3.63, 3.8) is 0 Å². The van der Waals surface area contributed by atoms with E-state index in [-0.39, 0.29) is 17.2 Å². The fourth-order valence-electron chi connectivity index (χ4n) is 3.96. The van der Waals surface area contributed by atoms with Gasteiger partial charge in [-0.15, -0.1) is 11.3 Å². The van der Waals surface area contributed by atoms with Gasteiger partial charge >= 0.3 is 0 Å². The molecular formula is C24H28N4O3S. The van der Waals surface area contributed by atoms with Crippen molar-refractivity contribution in [2.45, 2.75) is 52.9 Å². The number of anilines is 2. The van der Waals surface area contributed by atoms with Gasteiger partial charge in [0.2, 0.25) is 5.91 Å². The zero-order valence-corrected chi connectivity index (χ0v) is 20.1. The number of aromatic nitrogens is 2. The van der Waals surface area contributed by atoms with Gasteiger partial charge in [0.25, 0.3) is 5.91 Å². The molecule has 3 aromatic rings. The van der Waals surface area contributed by atoms with Gasteiger partial charge in [0, 0.05) is 35.5 Å². The summed E-state index contributed by atoms with van der Waals surface area (Å²) in [5, 5.41) is 3.91. The predicted molar refractivity (Wildman–Crippen MR) is 128 cm³/mol. The van der Waals surface area contributed by atoms with Gasteiger partial charge in [0.05, 0.1) is 23.4 Å². The van der Waals surface area contributed by atoms with Gasteiger partial charge in [-0.05, 0) is 38.0 Å². The van der Waals surface area contributed by atoms with E-state index in [1.807, 2.05) is 19.9 Å². The van der Waals surface area contributed by atoms with Crippen LogP contribution in [-0.2, 0) is 10.2 Å². The quantitative estimate of drug-likeness (QED) is 0.603. The van der Waals surface area contributed by atoms with E-state index in [9.17, 15) is 9.59 Å². The second kappa shape index (κ2) is 8.16. The molecule has 7 nitrogen and oxygen atoms in total. The number of nitrogens with zero attached hydrogens (tertiary/aromatic N) is 3. The summed E-state index contributed by atoms with van der Waals surface area (Å²) in [6.45, 7) is 10.8. The second-order valence-electron chi connectivity index (χ2n) is 9.11. The summed E-state index contributed by atoms with van der Waals surface area (Å²) in [6, 6.07) is 5.37. The third kappa shape index (κ3) is 3.95. The summed E-state index contributed by atoms with van der Waals surface area (Å²) in [7, 11) is 1.56. The van der Waals surface area contributed by atoms with Crippen LogP contribution in [0.15, 0.2) is 18.2 Å². The molecule has 1 fully saturated rings. The molecule has 2 amide bonds.